The van der Waals surface area contributed by atoms with Crippen molar-refractivity contribution in [1.29, 1.82) is 0 Å². The molecule has 0 amide bonds. The monoisotopic (exact) mass is 253 g/mol. The molecule has 1 aromatic rings. The lowest BCUT2D eigenvalue weighted by atomic mass is 9.79. The highest BCUT2D eigenvalue weighted by atomic mass is 32.1. The third kappa shape index (κ3) is 4.81. The fourth-order valence-corrected chi connectivity index (χ4v) is 2.78. The number of aryl methyl sites for hydroxylation is 1. The standard InChI is InChI=1S/C15H27NS/c1-5-10-16-14(15(3,4)6-2)8-7-13-9-11-17-12-13/h9,11-12,14,16H,5-8,10H2,1-4H3. The second-order valence-electron chi connectivity index (χ2n) is 5.52. The van der Waals surface area contributed by atoms with E-state index in [0.29, 0.717) is 11.5 Å². The molecule has 0 saturated carbocycles. The van der Waals surface area contributed by atoms with E-state index in [4.69, 9.17) is 0 Å². The molecule has 0 aliphatic carbocycles. The van der Waals surface area contributed by atoms with Gasteiger partial charge in [-0.1, -0.05) is 27.7 Å². The van der Waals surface area contributed by atoms with Gasteiger partial charge >= 0.3 is 0 Å². The van der Waals surface area contributed by atoms with Crippen LogP contribution in [0.1, 0.15) is 52.5 Å². The minimum Gasteiger partial charge on any atom is -0.313 e. The first-order valence-corrected chi connectivity index (χ1v) is 7.79. The number of rotatable bonds is 8. The minimum absolute atomic E-state index is 0.394. The molecule has 17 heavy (non-hydrogen) atoms. The summed E-state index contributed by atoms with van der Waals surface area (Å²) in [7, 11) is 0. The van der Waals surface area contributed by atoms with E-state index in [2.05, 4.69) is 49.8 Å². The zero-order valence-electron chi connectivity index (χ0n) is 11.8. The van der Waals surface area contributed by atoms with Crippen LogP contribution < -0.4 is 5.32 Å². The highest BCUT2D eigenvalue weighted by Crippen LogP contribution is 2.28. The van der Waals surface area contributed by atoms with Crippen LogP contribution in [0.4, 0.5) is 0 Å². The van der Waals surface area contributed by atoms with Crippen LogP contribution in [0, 0.1) is 5.41 Å². The van der Waals surface area contributed by atoms with Crippen molar-refractivity contribution in [2.24, 2.45) is 5.41 Å². The number of hydrogen-bond donors (Lipinski definition) is 1. The van der Waals surface area contributed by atoms with Crippen molar-refractivity contribution in [1.82, 2.24) is 5.32 Å². The Bertz CT molecular complexity index is 290. The maximum atomic E-state index is 3.73. The summed E-state index contributed by atoms with van der Waals surface area (Å²) in [6.07, 6.45) is 4.90. The van der Waals surface area contributed by atoms with E-state index in [9.17, 15) is 0 Å². The van der Waals surface area contributed by atoms with Gasteiger partial charge in [0.25, 0.3) is 0 Å². The molecule has 1 N–H and O–H groups in total. The molecule has 1 rings (SSSR count). The van der Waals surface area contributed by atoms with Crippen LogP contribution in [0.25, 0.3) is 0 Å². The maximum Gasteiger partial charge on any atom is 0.0121 e. The van der Waals surface area contributed by atoms with Crippen molar-refractivity contribution in [3.63, 3.8) is 0 Å². The molecule has 0 fully saturated rings. The summed E-state index contributed by atoms with van der Waals surface area (Å²) in [5.41, 5.74) is 1.88. The second kappa shape index (κ2) is 7.17. The van der Waals surface area contributed by atoms with Gasteiger partial charge in [-0.05, 0) is 60.0 Å². The Morgan fingerprint density at radius 3 is 2.65 bits per heavy atom. The van der Waals surface area contributed by atoms with E-state index in [0.717, 1.165) is 6.54 Å². The van der Waals surface area contributed by atoms with Gasteiger partial charge in [0.15, 0.2) is 0 Å². The maximum absolute atomic E-state index is 3.73. The molecule has 1 aromatic heterocycles. The van der Waals surface area contributed by atoms with Crippen LogP contribution >= 0.6 is 11.3 Å². The van der Waals surface area contributed by atoms with Gasteiger partial charge in [-0.15, -0.1) is 0 Å². The Labute approximate surface area is 111 Å². The van der Waals surface area contributed by atoms with Crippen LogP contribution in [0.15, 0.2) is 16.8 Å². The van der Waals surface area contributed by atoms with E-state index < -0.39 is 0 Å². The minimum atomic E-state index is 0.394. The highest BCUT2D eigenvalue weighted by molar-refractivity contribution is 7.07. The molecule has 0 aliphatic rings. The first-order chi connectivity index (χ1) is 8.10. The van der Waals surface area contributed by atoms with Crippen molar-refractivity contribution in [2.45, 2.75) is 59.4 Å². The molecule has 1 atom stereocenters. The average Bonchev–Trinajstić information content (AvgIpc) is 2.82. The first kappa shape index (κ1) is 14.7. The normalized spacial score (nSPS) is 13.9. The van der Waals surface area contributed by atoms with Gasteiger partial charge in [0.05, 0.1) is 0 Å². The molecule has 0 saturated heterocycles. The average molecular weight is 253 g/mol. The molecule has 1 unspecified atom stereocenters. The number of thiophene rings is 1. The van der Waals surface area contributed by atoms with E-state index in [1.807, 2.05) is 0 Å². The molecule has 0 aromatic carbocycles. The molecule has 0 radical (unpaired) electrons. The van der Waals surface area contributed by atoms with E-state index >= 15 is 0 Å². The molecular formula is C15H27NS. The summed E-state index contributed by atoms with van der Waals surface area (Å²) in [6.45, 7) is 10.4. The van der Waals surface area contributed by atoms with Crippen molar-refractivity contribution in [3.8, 4) is 0 Å². The Kier molecular flexibility index (Phi) is 6.21. The molecule has 1 heterocycles. The lowest BCUT2D eigenvalue weighted by Gasteiger charge is -2.34. The van der Waals surface area contributed by atoms with Crippen LogP contribution in [-0.2, 0) is 6.42 Å². The SMILES string of the molecule is CCCNC(CCc1ccsc1)C(C)(C)CC. The summed E-state index contributed by atoms with van der Waals surface area (Å²) < 4.78 is 0. The number of nitrogens with one attached hydrogen (secondary N) is 1. The largest absolute Gasteiger partial charge is 0.313 e. The lowest BCUT2D eigenvalue weighted by Crippen LogP contribution is -2.42. The van der Waals surface area contributed by atoms with Crippen molar-refractivity contribution >= 4 is 11.3 Å². The zero-order valence-corrected chi connectivity index (χ0v) is 12.6. The predicted octanol–water partition coefficient (Wildman–Crippen LogP) is 4.49. The number of hydrogen-bond acceptors (Lipinski definition) is 2. The molecule has 2 heteroatoms. The fourth-order valence-electron chi connectivity index (χ4n) is 2.08. The third-order valence-electron chi connectivity index (χ3n) is 3.80. The van der Waals surface area contributed by atoms with Gasteiger partial charge in [-0.3, -0.25) is 0 Å². The summed E-state index contributed by atoms with van der Waals surface area (Å²) in [5, 5.41) is 8.18. The van der Waals surface area contributed by atoms with Crippen molar-refractivity contribution in [3.05, 3.63) is 22.4 Å². The van der Waals surface area contributed by atoms with E-state index in [1.165, 1.54) is 31.2 Å². The summed E-state index contributed by atoms with van der Waals surface area (Å²) in [4.78, 5) is 0. The Morgan fingerprint density at radius 2 is 2.12 bits per heavy atom. The van der Waals surface area contributed by atoms with Gasteiger partial charge in [0.1, 0.15) is 0 Å². The van der Waals surface area contributed by atoms with Gasteiger partial charge in [-0.2, -0.15) is 11.3 Å². The van der Waals surface area contributed by atoms with Gasteiger partial charge in [0, 0.05) is 6.04 Å². The fraction of sp³-hybridized carbons (Fsp3) is 0.733. The third-order valence-corrected chi connectivity index (χ3v) is 4.53. The van der Waals surface area contributed by atoms with Crippen LogP contribution in [-0.4, -0.2) is 12.6 Å². The predicted molar refractivity (Wildman–Crippen MR) is 78.8 cm³/mol. The molecule has 1 nitrogen and oxygen atoms in total. The highest BCUT2D eigenvalue weighted by Gasteiger charge is 2.26. The summed E-state index contributed by atoms with van der Waals surface area (Å²) >= 11 is 1.80. The molecule has 98 valence electrons. The Hall–Kier alpha value is -0.340. The lowest BCUT2D eigenvalue weighted by molar-refractivity contribution is 0.220. The van der Waals surface area contributed by atoms with E-state index in [-0.39, 0.29) is 0 Å². The molecule has 0 bridgehead atoms. The van der Waals surface area contributed by atoms with Crippen LogP contribution in [0.2, 0.25) is 0 Å². The van der Waals surface area contributed by atoms with Gasteiger partial charge < -0.3 is 5.32 Å². The van der Waals surface area contributed by atoms with Crippen LogP contribution in [0.3, 0.4) is 0 Å². The Morgan fingerprint density at radius 1 is 1.35 bits per heavy atom. The molecular weight excluding hydrogens is 226 g/mol. The Balaban J connectivity index is 2.51. The van der Waals surface area contributed by atoms with E-state index in [1.54, 1.807) is 11.3 Å². The van der Waals surface area contributed by atoms with Crippen molar-refractivity contribution < 1.29 is 0 Å². The summed E-state index contributed by atoms with van der Waals surface area (Å²) in [5.74, 6) is 0. The molecule has 0 spiro atoms. The van der Waals surface area contributed by atoms with Gasteiger partial charge in [0.2, 0.25) is 0 Å². The molecule has 0 aliphatic heterocycles. The smallest absolute Gasteiger partial charge is 0.0121 e. The van der Waals surface area contributed by atoms with Gasteiger partial charge in [-0.25, -0.2) is 0 Å². The zero-order chi connectivity index (χ0) is 12.7. The quantitative estimate of drug-likeness (QED) is 0.720. The topological polar surface area (TPSA) is 12.0 Å². The van der Waals surface area contributed by atoms with Crippen LogP contribution in [0.5, 0.6) is 0 Å². The second-order valence-corrected chi connectivity index (χ2v) is 6.30. The first-order valence-electron chi connectivity index (χ1n) is 6.84. The van der Waals surface area contributed by atoms with Crippen molar-refractivity contribution in [2.75, 3.05) is 6.54 Å². The summed E-state index contributed by atoms with van der Waals surface area (Å²) in [6, 6.07) is 2.88.